The van der Waals surface area contributed by atoms with Gasteiger partial charge in [-0.15, -0.1) is 0 Å². The fraction of sp³-hybridized carbons (Fsp3) is 1.00. The highest BCUT2D eigenvalue weighted by Gasteiger charge is 2.65. The molecule has 3 rings (SSSR count). The molecular weight excluding hydrogens is 144 g/mol. The van der Waals surface area contributed by atoms with Crippen molar-refractivity contribution in [3.63, 3.8) is 0 Å². The zero-order valence-electron chi connectivity index (χ0n) is 8.46. The Kier molecular flexibility index (Phi) is 1.28. The van der Waals surface area contributed by atoms with E-state index >= 15 is 0 Å². The Hall–Kier alpha value is 0. The molecule has 7 unspecified atom stereocenters. The Morgan fingerprint density at radius 1 is 0.750 bits per heavy atom. The van der Waals surface area contributed by atoms with E-state index < -0.39 is 0 Å². The second-order valence-corrected chi connectivity index (χ2v) is 5.67. The van der Waals surface area contributed by atoms with Gasteiger partial charge < -0.3 is 0 Å². The summed E-state index contributed by atoms with van der Waals surface area (Å²) in [5.41, 5.74) is 0. The van der Waals surface area contributed by atoms with E-state index in [0.717, 1.165) is 41.4 Å². The van der Waals surface area contributed by atoms with Crippen molar-refractivity contribution in [2.24, 2.45) is 41.4 Å². The summed E-state index contributed by atoms with van der Waals surface area (Å²) in [5, 5.41) is 0. The lowest BCUT2D eigenvalue weighted by Gasteiger charge is -2.66. The number of fused-ring (bicyclic) bond motifs is 4. The predicted molar refractivity (Wildman–Crippen MR) is 50.7 cm³/mol. The molecule has 0 radical (unpaired) electrons. The normalized spacial score (nSPS) is 67.8. The fourth-order valence-electron chi connectivity index (χ4n) is 4.77. The van der Waals surface area contributed by atoms with Crippen LogP contribution in [0.25, 0.3) is 0 Å². The molecule has 0 amide bonds. The van der Waals surface area contributed by atoms with Crippen molar-refractivity contribution in [3.8, 4) is 0 Å². The van der Waals surface area contributed by atoms with Gasteiger partial charge in [-0.2, -0.15) is 0 Å². The molecule has 3 aliphatic carbocycles. The summed E-state index contributed by atoms with van der Waals surface area (Å²) in [6, 6.07) is 0. The zero-order chi connectivity index (χ0) is 8.46. The van der Waals surface area contributed by atoms with E-state index in [-0.39, 0.29) is 0 Å². The molecule has 0 aromatic carbocycles. The first-order chi connectivity index (χ1) is 5.72. The lowest BCUT2D eigenvalue weighted by Crippen LogP contribution is -2.62. The van der Waals surface area contributed by atoms with E-state index in [1.807, 2.05) is 0 Å². The van der Waals surface area contributed by atoms with Crippen molar-refractivity contribution in [2.75, 3.05) is 0 Å². The standard InChI is InChI=1S/C12H20/c1-6-4-5-9-10(6)12-8(3)7(2)11(9)12/h6-12H,4-5H2,1-3H3. The van der Waals surface area contributed by atoms with E-state index in [9.17, 15) is 0 Å². The molecule has 3 saturated carbocycles. The maximum atomic E-state index is 2.48. The van der Waals surface area contributed by atoms with Crippen molar-refractivity contribution in [2.45, 2.75) is 33.6 Å². The van der Waals surface area contributed by atoms with Gasteiger partial charge in [0.1, 0.15) is 0 Å². The van der Waals surface area contributed by atoms with Gasteiger partial charge in [-0.3, -0.25) is 0 Å². The lowest BCUT2D eigenvalue weighted by atomic mass is 9.39. The fourth-order valence-corrected chi connectivity index (χ4v) is 4.77. The van der Waals surface area contributed by atoms with Crippen LogP contribution in [0.15, 0.2) is 0 Å². The summed E-state index contributed by atoms with van der Waals surface area (Å²) in [5.74, 6) is 7.80. The van der Waals surface area contributed by atoms with Crippen molar-refractivity contribution in [3.05, 3.63) is 0 Å². The summed E-state index contributed by atoms with van der Waals surface area (Å²) < 4.78 is 0. The molecule has 0 heteroatoms. The van der Waals surface area contributed by atoms with Gasteiger partial charge in [0, 0.05) is 0 Å². The smallest absolute Gasteiger partial charge is 0.0318 e. The summed E-state index contributed by atoms with van der Waals surface area (Å²) in [6.45, 7) is 7.44. The predicted octanol–water partition coefficient (Wildman–Crippen LogP) is 3.18. The molecule has 68 valence electrons. The van der Waals surface area contributed by atoms with Crippen LogP contribution in [0.4, 0.5) is 0 Å². The molecule has 0 N–H and O–H groups in total. The molecule has 0 aromatic heterocycles. The van der Waals surface area contributed by atoms with E-state index in [4.69, 9.17) is 0 Å². The van der Waals surface area contributed by atoms with Crippen LogP contribution in [0.1, 0.15) is 33.6 Å². The zero-order valence-corrected chi connectivity index (χ0v) is 8.46. The third-order valence-corrected chi connectivity index (χ3v) is 5.53. The van der Waals surface area contributed by atoms with Gasteiger partial charge in [0.15, 0.2) is 0 Å². The van der Waals surface area contributed by atoms with Crippen molar-refractivity contribution in [1.82, 2.24) is 0 Å². The average Bonchev–Trinajstić information content (AvgIpc) is 2.29. The molecule has 0 heterocycles. The average molecular weight is 164 g/mol. The molecule has 0 bridgehead atoms. The summed E-state index contributed by atoms with van der Waals surface area (Å²) in [7, 11) is 0. The second-order valence-electron chi connectivity index (χ2n) is 5.67. The van der Waals surface area contributed by atoms with Crippen LogP contribution in [0.3, 0.4) is 0 Å². The third kappa shape index (κ3) is 0.592. The minimum Gasteiger partial charge on any atom is -0.0622 e. The maximum Gasteiger partial charge on any atom is -0.0318 e. The van der Waals surface area contributed by atoms with Gasteiger partial charge >= 0.3 is 0 Å². The van der Waals surface area contributed by atoms with E-state index in [1.54, 1.807) is 6.42 Å². The molecule has 3 fully saturated rings. The molecule has 7 atom stereocenters. The van der Waals surface area contributed by atoms with Gasteiger partial charge in [0.05, 0.1) is 0 Å². The Balaban J connectivity index is 1.82. The van der Waals surface area contributed by atoms with Crippen molar-refractivity contribution in [1.29, 1.82) is 0 Å². The molecule has 0 spiro atoms. The minimum absolute atomic E-state index is 1.05. The Morgan fingerprint density at radius 3 is 2.17 bits per heavy atom. The molecule has 0 aromatic rings. The van der Waals surface area contributed by atoms with Crippen molar-refractivity contribution >= 4 is 0 Å². The first-order valence-corrected chi connectivity index (χ1v) is 5.72. The Bertz CT molecular complexity index is 208. The molecule has 0 nitrogen and oxygen atoms in total. The van der Waals surface area contributed by atoms with Crippen LogP contribution in [0.5, 0.6) is 0 Å². The summed E-state index contributed by atoms with van der Waals surface area (Å²) >= 11 is 0. The second kappa shape index (κ2) is 2.08. The number of hydrogen-bond donors (Lipinski definition) is 0. The highest BCUT2D eigenvalue weighted by molar-refractivity contribution is 5.12. The highest BCUT2D eigenvalue weighted by Crippen LogP contribution is 2.70. The van der Waals surface area contributed by atoms with Gasteiger partial charge in [0.25, 0.3) is 0 Å². The number of rotatable bonds is 0. The van der Waals surface area contributed by atoms with Crippen LogP contribution in [-0.2, 0) is 0 Å². The Labute approximate surface area is 75.7 Å². The molecule has 3 aliphatic rings. The molecule has 0 aliphatic heterocycles. The van der Waals surface area contributed by atoms with Crippen LogP contribution in [0.2, 0.25) is 0 Å². The molecule has 12 heavy (non-hydrogen) atoms. The van der Waals surface area contributed by atoms with E-state index in [1.165, 1.54) is 6.42 Å². The van der Waals surface area contributed by atoms with Crippen molar-refractivity contribution < 1.29 is 0 Å². The monoisotopic (exact) mass is 164 g/mol. The summed E-state index contributed by atoms with van der Waals surface area (Å²) in [6.07, 6.45) is 3.09. The van der Waals surface area contributed by atoms with Gasteiger partial charge in [-0.05, 0) is 47.8 Å². The van der Waals surface area contributed by atoms with Crippen LogP contribution in [-0.4, -0.2) is 0 Å². The van der Waals surface area contributed by atoms with Crippen LogP contribution >= 0.6 is 0 Å². The van der Waals surface area contributed by atoms with Gasteiger partial charge in [0.2, 0.25) is 0 Å². The lowest BCUT2D eigenvalue weighted by molar-refractivity contribution is -0.189. The van der Waals surface area contributed by atoms with Gasteiger partial charge in [-0.25, -0.2) is 0 Å². The van der Waals surface area contributed by atoms with E-state index in [0.29, 0.717) is 0 Å². The van der Waals surface area contributed by atoms with Crippen LogP contribution in [0, 0.1) is 41.4 Å². The maximum absolute atomic E-state index is 2.48. The first kappa shape index (κ1) is 7.41. The quantitative estimate of drug-likeness (QED) is 0.516. The first-order valence-electron chi connectivity index (χ1n) is 5.72. The topological polar surface area (TPSA) is 0 Å². The largest absolute Gasteiger partial charge is 0.0622 e. The Morgan fingerprint density at radius 2 is 1.42 bits per heavy atom. The highest BCUT2D eigenvalue weighted by atomic mass is 14.7. The molecule has 0 saturated heterocycles. The van der Waals surface area contributed by atoms with Gasteiger partial charge in [-0.1, -0.05) is 27.2 Å². The number of hydrogen-bond acceptors (Lipinski definition) is 0. The van der Waals surface area contributed by atoms with E-state index in [2.05, 4.69) is 20.8 Å². The third-order valence-electron chi connectivity index (χ3n) is 5.53. The van der Waals surface area contributed by atoms with Crippen LogP contribution < -0.4 is 0 Å². The molecular formula is C12H20. The SMILES string of the molecule is CC1CCC2C1C1C(C)C(C)C21. The minimum atomic E-state index is 1.05. The summed E-state index contributed by atoms with van der Waals surface area (Å²) in [4.78, 5) is 0.